The standard InChI is InChI=1S/C23H19F3N4O6S2/c24-23(25,26)38(35,36)19-8-6-18(7-9-19)30-21(31)14-29(22(30)32)13-17-10-11-27-20(12-17)28-37(33,34)15-16-4-2-1-3-5-16/h1-12H,13-15H2,(H,27,28). The molecular weight excluding hydrogens is 549 g/mol. The average Bonchev–Trinajstić information content (AvgIpc) is 3.11. The maximum atomic E-state index is 12.9. The predicted molar refractivity (Wildman–Crippen MR) is 130 cm³/mol. The van der Waals surface area contributed by atoms with Crippen molar-refractivity contribution in [3.63, 3.8) is 0 Å². The Morgan fingerprint density at radius 3 is 2.18 bits per heavy atom. The number of benzene rings is 2. The highest BCUT2D eigenvalue weighted by Gasteiger charge is 2.47. The molecule has 0 radical (unpaired) electrons. The van der Waals surface area contributed by atoms with Gasteiger partial charge in [-0.25, -0.2) is 31.5 Å². The van der Waals surface area contributed by atoms with Crippen LogP contribution in [0, 0.1) is 0 Å². The molecule has 0 unspecified atom stereocenters. The Morgan fingerprint density at radius 1 is 0.895 bits per heavy atom. The number of carbonyl (C=O) groups excluding carboxylic acids is 2. The van der Waals surface area contributed by atoms with Crippen molar-refractivity contribution in [2.45, 2.75) is 22.7 Å². The molecule has 1 aliphatic heterocycles. The highest BCUT2D eigenvalue weighted by Crippen LogP contribution is 2.32. The van der Waals surface area contributed by atoms with E-state index >= 15 is 0 Å². The topological polar surface area (TPSA) is 134 Å². The van der Waals surface area contributed by atoms with Gasteiger partial charge in [-0.15, -0.1) is 0 Å². The largest absolute Gasteiger partial charge is 0.501 e. The molecule has 3 amide bonds. The summed E-state index contributed by atoms with van der Waals surface area (Å²) < 4.78 is 88.7. The molecule has 0 saturated carbocycles. The molecule has 10 nitrogen and oxygen atoms in total. The Morgan fingerprint density at radius 2 is 1.55 bits per heavy atom. The van der Waals surface area contributed by atoms with Crippen molar-refractivity contribution in [3.8, 4) is 0 Å². The van der Waals surface area contributed by atoms with Crippen molar-refractivity contribution in [1.29, 1.82) is 0 Å². The molecule has 15 heteroatoms. The second kappa shape index (κ2) is 10.1. The second-order valence-corrected chi connectivity index (χ2v) is 11.9. The number of nitrogens with zero attached hydrogens (tertiary/aromatic N) is 3. The van der Waals surface area contributed by atoms with E-state index in [0.717, 1.165) is 17.0 Å². The van der Waals surface area contributed by atoms with E-state index in [9.17, 15) is 39.6 Å². The SMILES string of the molecule is O=C1CN(Cc2ccnc(NS(=O)(=O)Cc3ccccc3)c2)C(=O)N1c1ccc(S(=O)(=O)C(F)(F)F)cc1. The number of sulfonamides is 1. The zero-order valence-electron chi connectivity index (χ0n) is 19.3. The predicted octanol–water partition coefficient (Wildman–Crippen LogP) is 3.29. The van der Waals surface area contributed by atoms with Crippen LogP contribution >= 0.6 is 0 Å². The average molecular weight is 569 g/mol. The van der Waals surface area contributed by atoms with E-state index < -0.39 is 42.2 Å². The number of alkyl halides is 3. The number of aromatic nitrogens is 1. The minimum atomic E-state index is -5.58. The number of pyridine rings is 1. The van der Waals surface area contributed by atoms with Crippen LogP contribution in [0.2, 0.25) is 0 Å². The van der Waals surface area contributed by atoms with E-state index in [4.69, 9.17) is 0 Å². The van der Waals surface area contributed by atoms with Crippen LogP contribution in [0.25, 0.3) is 0 Å². The number of rotatable bonds is 8. The number of urea groups is 1. The molecule has 0 atom stereocenters. The number of halogens is 3. The van der Waals surface area contributed by atoms with Crippen LogP contribution in [0.3, 0.4) is 0 Å². The third-order valence-corrected chi connectivity index (χ3v) is 8.14. The van der Waals surface area contributed by atoms with Crippen LogP contribution in [0.1, 0.15) is 11.1 Å². The van der Waals surface area contributed by atoms with Gasteiger partial charge in [-0.2, -0.15) is 13.2 Å². The fourth-order valence-corrected chi connectivity index (χ4v) is 5.57. The molecule has 0 spiro atoms. The van der Waals surface area contributed by atoms with Gasteiger partial charge < -0.3 is 4.90 Å². The highest BCUT2D eigenvalue weighted by atomic mass is 32.2. The molecule has 2 heterocycles. The number of amides is 3. The lowest BCUT2D eigenvalue weighted by Crippen LogP contribution is -2.32. The Kier molecular flexibility index (Phi) is 7.16. The summed E-state index contributed by atoms with van der Waals surface area (Å²) in [6.07, 6.45) is 1.33. The van der Waals surface area contributed by atoms with Crippen molar-refractivity contribution < 1.29 is 39.6 Å². The minimum Gasteiger partial charge on any atom is -0.310 e. The van der Waals surface area contributed by atoms with Gasteiger partial charge in [-0.3, -0.25) is 9.52 Å². The number of anilines is 2. The first-order valence-corrected chi connectivity index (χ1v) is 13.9. The zero-order chi connectivity index (χ0) is 27.7. The Hall–Kier alpha value is -3.98. The lowest BCUT2D eigenvalue weighted by atomic mass is 10.2. The maximum Gasteiger partial charge on any atom is 0.501 e. The summed E-state index contributed by atoms with van der Waals surface area (Å²) in [6.45, 7) is -0.462. The van der Waals surface area contributed by atoms with Crippen LogP contribution < -0.4 is 9.62 Å². The Balaban J connectivity index is 1.46. The third kappa shape index (κ3) is 5.78. The van der Waals surface area contributed by atoms with Crippen LogP contribution in [0.15, 0.2) is 77.8 Å². The van der Waals surface area contributed by atoms with Crippen LogP contribution in [-0.2, 0) is 37.0 Å². The van der Waals surface area contributed by atoms with Gasteiger partial charge >= 0.3 is 11.5 Å². The summed E-state index contributed by atoms with van der Waals surface area (Å²) in [4.78, 5) is 30.2. The number of imide groups is 1. The summed E-state index contributed by atoms with van der Waals surface area (Å²) in [7, 11) is -9.37. The van der Waals surface area contributed by atoms with Gasteiger partial charge in [0.1, 0.15) is 12.4 Å². The quantitative estimate of drug-likeness (QED) is 0.412. The first-order chi connectivity index (χ1) is 17.8. The molecule has 1 aromatic heterocycles. The lowest BCUT2D eigenvalue weighted by molar-refractivity contribution is -0.116. The van der Waals surface area contributed by atoms with E-state index in [1.54, 1.807) is 30.3 Å². The molecule has 3 aromatic rings. The molecule has 1 saturated heterocycles. The molecular formula is C23H19F3N4O6S2. The molecule has 38 heavy (non-hydrogen) atoms. The Labute approximate surface area is 215 Å². The normalized spacial score (nSPS) is 14.7. The number of sulfone groups is 1. The van der Waals surface area contributed by atoms with E-state index in [0.29, 0.717) is 28.2 Å². The van der Waals surface area contributed by atoms with Gasteiger partial charge in [0.05, 0.1) is 16.3 Å². The maximum absolute atomic E-state index is 12.9. The Bertz CT molecular complexity index is 1580. The molecule has 1 N–H and O–H groups in total. The third-order valence-electron chi connectivity index (χ3n) is 5.40. The molecule has 0 aliphatic carbocycles. The van der Waals surface area contributed by atoms with Crippen molar-refractivity contribution in [3.05, 3.63) is 84.1 Å². The summed E-state index contributed by atoms with van der Waals surface area (Å²) >= 11 is 0. The van der Waals surface area contributed by atoms with Gasteiger partial charge in [0.2, 0.25) is 10.0 Å². The van der Waals surface area contributed by atoms with Crippen molar-refractivity contribution >= 4 is 43.3 Å². The van der Waals surface area contributed by atoms with Crippen LogP contribution in [-0.4, -0.2) is 50.7 Å². The van der Waals surface area contributed by atoms with E-state index in [1.165, 1.54) is 18.3 Å². The van der Waals surface area contributed by atoms with Gasteiger partial charge in [0, 0.05) is 12.7 Å². The van der Waals surface area contributed by atoms with Gasteiger partial charge in [0.15, 0.2) is 0 Å². The van der Waals surface area contributed by atoms with Gasteiger partial charge in [0.25, 0.3) is 15.7 Å². The van der Waals surface area contributed by atoms with Gasteiger partial charge in [-0.1, -0.05) is 30.3 Å². The van der Waals surface area contributed by atoms with E-state index in [2.05, 4.69) is 9.71 Å². The number of nitrogens with one attached hydrogen (secondary N) is 1. The summed E-state index contributed by atoms with van der Waals surface area (Å²) in [5, 5.41) is 0. The first-order valence-electron chi connectivity index (χ1n) is 10.8. The fraction of sp³-hybridized carbons (Fsp3) is 0.174. The van der Waals surface area contributed by atoms with Crippen LogP contribution in [0.4, 0.5) is 29.5 Å². The molecule has 2 aromatic carbocycles. The smallest absolute Gasteiger partial charge is 0.310 e. The number of hydrogen-bond acceptors (Lipinski definition) is 7. The van der Waals surface area contributed by atoms with Crippen molar-refractivity contribution in [2.24, 2.45) is 0 Å². The highest BCUT2D eigenvalue weighted by molar-refractivity contribution is 7.92. The number of carbonyl (C=O) groups is 2. The minimum absolute atomic E-state index is 0.00900. The first kappa shape index (κ1) is 27.1. The fourth-order valence-electron chi connectivity index (χ4n) is 3.67. The second-order valence-electron chi connectivity index (χ2n) is 8.21. The summed E-state index contributed by atoms with van der Waals surface area (Å²) in [5.41, 5.74) is -4.58. The lowest BCUT2D eigenvalue weighted by Gasteiger charge is -2.18. The molecule has 0 bridgehead atoms. The monoisotopic (exact) mass is 568 g/mol. The zero-order valence-corrected chi connectivity index (χ0v) is 20.9. The van der Waals surface area contributed by atoms with Crippen LogP contribution in [0.5, 0.6) is 0 Å². The molecule has 1 aliphatic rings. The number of hydrogen-bond donors (Lipinski definition) is 1. The summed E-state index contributed by atoms with van der Waals surface area (Å²) in [6, 6.07) is 13.8. The summed E-state index contributed by atoms with van der Waals surface area (Å²) in [5.74, 6) is -0.953. The van der Waals surface area contributed by atoms with Gasteiger partial charge in [-0.05, 0) is 47.5 Å². The van der Waals surface area contributed by atoms with E-state index in [1.807, 2.05) is 0 Å². The molecule has 1 fully saturated rings. The molecule has 200 valence electrons. The van der Waals surface area contributed by atoms with E-state index in [-0.39, 0.29) is 30.3 Å². The van der Waals surface area contributed by atoms with Crippen molar-refractivity contribution in [2.75, 3.05) is 16.2 Å². The molecule has 4 rings (SSSR count). The van der Waals surface area contributed by atoms with Crippen molar-refractivity contribution in [1.82, 2.24) is 9.88 Å².